The molecule has 2 heterocycles. The summed E-state index contributed by atoms with van der Waals surface area (Å²) >= 11 is 0. The van der Waals surface area contributed by atoms with Crippen LogP contribution in [0.2, 0.25) is 0 Å². The molecule has 2 fully saturated rings. The van der Waals surface area contributed by atoms with Crippen LogP contribution in [-0.4, -0.2) is 48.0 Å². The zero-order valence-corrected chi connectivity index (χ0v) is 14.0. The van der Waals surface area contributed by atoms with Gasteiger partial charge < -0.3 is 20.1 Å². The van der Waals surface area contributed by atoms with Crippen molar-refractivity contribution in [2.24, 2.45) is 5.92 Å². The molecule has 0 aliphatic heterocycles. The first-order chi connectivity index (χ1) is 11.7. The maximum absolute atomic E-state index is 10.4. The Bertz CT molecular complexity index is 712. The number of imidazole rings is 1. The predicted octanol–water partition coefficient (Wildman–Crippen LogP) is 1.87. The van der Waals surface area contributed by atoms with Crippen LogP contribution in [0.5, 0.6) is 0 Å². The topological polar surface area (TPSA) is 96.1 Å². The molecule has 7 heteroatoms. The van der Waals surface area contributed by atoms with Crippen molar-refractivity contribution in [1.29, 1.82) is 0 Å². The Hall–Kier alpha value is -1.73. The maximum Gasteiger partial charge on any atom is 0.165 e. The highest BCUT2D eigenvalue weighted by molar-refractivity contribution is 5.82. The SMILES string of the molecule is CCC1C[C@@H](n2cnc3c(NC4CCCC4)ncnc32)[C@H](O)[C@@H]1O. The third-order valence-electron chi connectivity index (χ3n) is 5.71. The Morgan fingerprint density at radius 1 is 1.17 bits per heavy atom. The molecule has 0 radical (unpaired) electrons. The third-order valence-corrected chi connectivity index (χ3v) is 5.71. The fraction of sp³-hybridized carbons (Fsp3) is 0.706. The van der Waals surface area contributed by atoms with Crippen LogP contribution in [0.15, 0.2) is 12.7 Å². The lowest BCUT2D eigenvalue weighted by Crippen LogP contribution is -2.29. The molecular weight excluding hydrogens is 306 g/mol. The Kier molecular flexibility index (Phi) is 4.14. The predicted molar refractivity (Wildman–Crippen MR) is 90.7 cm³/mol. The first-order valence-corrected chi connectivity index (χ1v) is 8.99. The number of nitrogens with one attached hydrogen (secondary N) is 1. The summed E-state index contributed by atoms with van der Waals surface area (Å²) in [5.41, 5.74) is 1.46. The highest BCUT2D eigenvalue weighted by Crippen LogP contribution is 2.38. The minimum Gasteiger partial charge on any atom is -0.390 e. The summed E-state index contributed by atoms with van der Waals surface area (Å²) in [5.74, 6) is 0.881. The van der Waals surface area contributed by atoms with Gasteiger partial charge in [0.25, 0.3) is 0 Å². The molecule has 0 saturated heterocycles. The highest BCUT2D eigenvalue weighted by Gasteiger charge is 2.42. The molecule has 2 aliphatic rings. The lowest BCUT2D eigenvalue weighted by molar-refractivity contribution is 0.00612. The van der Waals surface area contributed by atoms with Crippen molar-refractivity contribution in [3.05, 3.63) is 12.7 Å². The van der Waals surface area contributed by atoms with E-state index in [0.717, 1.165) is 42.7 Å². The molecule has 130 valence electrons. The molecule has 7 nitrogen and oxygen atoms in total. The fourth-order valence-corrected chi connectivity index (χ4v) is 4.25. The Balaban J connectivity index is 1.65. The van der Waals surface area contributed by atoms with E-state index in [1.54, 1.807) is 12.7 Å². The maximum atomic E-state index is 10.4. The molecule has 3 N–H and O–H groups in total. The van der Waals surface area contributed by atoms with Crippen LogP contribution in [0.4, 0.5) is 5.82 Å². The van der Waals surface area contributed by atoms with Crippen molar-refractivity contribution in [2.45, 2.75) is 69.7 Å². The van der Waals surface area contributed by atoms with E-state index in [9.17, 15) is 10.2 Å². The number of rotatable bonds is 4. The minimum absolute atomic E-state index is 0.111. The van der Waals surface area contributed by atoms with Crippen LogP contribution < -0.4 is 5.32 Å². The molecular formula is C17H25N5O2. The van der Waals surface area contributed by atoms with Gasteiger partial charge in [0, 0.05) is 6.04 Å². The highest BCUT2D eigenvalue weighted by atomic mass is 16.3. The van der Waals surface area contributed by atoms with E-state index in [2.05, 4.69) is 20.3 Å². The van der Waals surface area contributed by atoms with Gasteiger partial charge >= 0.3 is 0 Å². The summed E-state index contributed by atoms with van der Waals surface area (Å²) in [4.78, 5) is 13.3. The van der Waals surface area contributed by atoms with Crippen molar-refractivity contribution in [2.75, 3.05) is 5.32 Å². The van der Waals surface area contributed by atoms with Gasteiger partial charge in [0.2, 0.25) is 0 Å². The first kappa shape index (κ1) is 15.8. The van der Waals surface area contributed by atoms with Crippen molar-refractivity contribution >= 4 is 17.0 Å². The molecule has 2 saturated carbocycles. The molecule has 2 aromatic heterocycles. The number of aliphatic hydroxyl groups is 2. The number of fused-ring (bicyclic) bond motifs is 1. The lowest BCUT2D eigenvalue weighted by atomic mass is 10.0. The van der Waals surface area contributed by atoms with Gasteiger partial charge in [-0.25, -0.2) is 15.0 Å². The molecule has 0 aromatic carbocycles. The Morgan fingerprint density at radius 3 is 2.67 bits per heavy atom. The smallest absolute Gasteiger partial charge is 0.165 e. The van der Waals surface area contributed by atoms with Crippen LogP contribution >= 0.6 is 0 Å². The normalized spacial score (nSPS) is 31.1. The second-order valence-electron chi connectivity index (χ2n) is 7.12. The van der Waals surface area contributed by atoms with Crippen molar-refractivity contribution in [3.8, 4) is 0 Å². The zero-order valence-electron chi connectivity index (χ0n) is 14.0. The molecule has 1 unspecified atom stereocenters. The van der Waals surface area contributed by atoms with E-state index in [4.69, 9.17) is 0 Å². The van der Waals surface area contributed by atoms with E-state index in [-0.39, 0.29) is 12.0 Å². The molecule has 0 amide bonds. The van der Waals surface area contributed by atoms with Gasteiger partial charge in [-0.05, 0) is 25.2 Å². The molecule has 24 heavy (non-hydrogen) atoms. The van der Waals surface area contributed by atoms with E-state index < -0.39 is 12.2 Å². The summed E-state index contributed by atoms with van der Waals surface area (Å²) in [6, 6.07) is 0.265. The van der Waals surface area contributed by atoms with E-state index in [1.165, 1.54) is 12.8 Å². The number of hydrogen-bond acceptors (Lipinski definition) is 6. The van der Waals surface area contributed by atoms with E-state index >= 15 is 0 Å². The zero-order chi connectivity index (χ0) is 16.7. The minimum atomic E-state index is -0.784. The van der Waals surface area contributed by atoms with Gasteiger partial charge in [-0.2, -0.15) is 0 Å². The number of aliphatic hydroxyl groups excluding tert-OH is 2. The second kappa shape index (κ2) is 6.29. The van der Waals surface area contributed by atoms with Crippen LogP contribution in [-0.2, 0) is 0 Å². The largest absolute Gasteiger partial charge is 0.390 e. The van der Waals surface area contributed by atoms with E-state index in [1.807, 2.05) is 11.5 Å². The summed E-state index contributed by atoms with van der Waals surface area (Å²) < 4.78 is 1.90. The number of hydrogen-bond donors (Lipinski definition) is 3. The van der Waals surface area contributed by atoms with Crippen molar-refractivity contribution < 1.29 is 10.2 Å². The summed E-state index contributed by atoms with van der Waals surface area (Å²) in [5, 5.41) is 24.1. The molecule has 0 bridgehead atoms. The average molecular weight is 331 g/mol. The quantitative estimate of drug-likeness (QED) is 0.791. The lowest BCUT2D eigenvalue weighted by Gasteiger charge is -2.18. The number of aromatic nitrogens is 4. The summed E-state index contributed by atoms with van der Waals surface area (Å²) in [6.07, 6.45) is 8.23. The van der Waals surface area contributed by atoms with Gasteiger partial charge in [-0.1, -0.05) is 26.2 Å². The number of anilines is 1. The van der Waals surface area contributed by atoms with Crippen molar-refractivity contribution in [3.63, 3.8) is 0 Å². The molecule has 4 atom stereocenters. The van der Waals surface area contributed by atoms with Gasteiger partial charge in [0.05, 0.1) is 18.5 Å². The molecule has 2 aromatic rings. The molecule has 4 rings (SSSR count). The molecule has 2 aliphatic carbocycles. The second-order valence-corrected chi connectivity index (χ2v) is 7.12. The van der Waals surface area contributed by atoms with E-state index in [0.29, 0.717) is 6.04 Å². The molecule has 0 spiro atoms. The average Bonchev–Trinajstić information content (AvgIpc) is 3.30. The van der Waals surface area contributed by atoms with Gasteiger partial charge in [-0.3, -0.25) is 0 Å². The van der Waals surface area contributed by atoms with Crippen LogP contribution in [0, 0.1) is 5.92 Å². The summed E-state index contributed by atoms with van der Waals surface area (Å²) in [6.45, 7) is 2.04. The Labute approximate surface area is 141 Å². The fourth-order valence-electron chi connectivity index (χ4n) is 4.25. The van der Waals surface area contributed by atoms with Crippen LogP contribution in [0.1, 0.15) is 51.5 Å². The van der Waals surface area contributed by atoms with Gasteiger partial charge in [0.15, 0.2) is 11.5 Å². The van der Waals surface area contributed by atoms with Crippen molar-refractivity contribution in [1.82, 2.24) is 19.5 Å². The third kappa shape index (κ3) is 2.56. The number of nitrogens with zero attached hydrogens (tertiary/aromatic N) is 4. The monoisotopic (exact) mass is 331 g/mol. The Morgan fingerprint density at radius 2 is 1.96 bits per heavy atom. The van der Waals surface area contributed by atoms with Crippen LogP contribution in [0.25, 0.3) is 11.2 Å². The van der Waals surface area contributed by atoms with Gasteiger partial charge in [0.1, 0.15) is 17.9 Å². The first-order valence-electron chi connectivity index (χ1n) is 8.99. The summed E-state index contributed by atoms with van der Waals surface area (Å²) in [7, 11) is 0. The standard InChI is InChI=1S/C17H25N5O2/c1-2-10-7-12(15(24)14(10)23)22-9-20-13-16(18-8-19-17(13)22)21-11-5-3-4-6-11/h8-12,14-15,23-24H,2-7H2,1H3,(H,18,19,21)/t10?,12-,14-,15+/m1/s1. The van der Waals surface area contributed by atoms with Crippen LogP contribution in [0.3, 0.4) is 0 Å². The van der Waals surface area contributed by atoms with Gasteiger partial charge in [-0.15, -0.1) is 0 Å².